The second kappa shape index (κ2) is 7.74. The third-order valence-corrected chi connectivity index (χ3v) is 4.26. The molecular weight excluding hydrogens is 322 g/mol. The lowest BCUT2D eigenvalue weighted by molar-refractivity contribution is -0.113. The molecule has 3 aromatic rings. The van der Waals surface area contributed by atoms with Gasteiger partial charge >= 0.3 is 0 Å². The third kappa shape index (κ3) is 4.20. The largest absolute Gasteiger partial charge is 0.325 e. The van der Waals surface area contributed by atoms with Crippen LogP contribution in [-0.2, 0) is 10.5 Å². The highest BCUT2D eigenvalue weighted by Gasteiger charge is 2.09. The minimum atomic E-state index is -0.0393. The van der Waals surface area contributed by atoms with E-state index in [2.05, 4.69) is 20.8 Å². The van der Waals surface area contributed by atoms with E-state index in [0.717, 1.165) is 16.9 Å². The number of rotatable bonds is 6. The van der Waals surface area contributed by atoms with Gasteiger partial charge in [-0.05, 0) is 41.6 Å². The fourth-order valence-corrected chi connectivity index (χ4v) is 2.86. The number of benzene rings is 2. The van der Waals surface area contributed by atoms with Crippen molar-refractivity contribution in [2.24, 2.45) is 0 Å². The number of hydrogen-bond acceptors (Lipinski definition) is 5. The van der Waals surface area contributed by atoms with Crippen LogP contribution in [-0.4, -0.2) is 31.9 Å². The van der Waals surface area contributed by atoms with Crippen LogP contribution in [0.1, 0.15) is 11.4 Å². The lowest BCUT2D eigenvalue weighted by atomic mass is 10.2. The summed E-state index contributed by atoms with van der Waals surface area (Å²) in [5.74, 6) is 1.58. The number of nitrogens with zero attached hydrogens (tertiary/aromatic N) is 4. The van der Waals surface area contributed by atoms with Gasteiger partial charge in [-0.15, -0.1) is 16.9 Å². The van der Waals surface area contributed by atoms with E-state index in [-0.39, 0.29) is 5.91 Å². The number of anilines is 1. The molecule has 1 aromatic heterocycles. The Morgan fingerprint density at radius 3 is 2.62 bits per heavy atom. The summed E-state index contributed by atoms with van der Waals surface area (Å²) in [6, 6.07) is 17.4. The first kappa shape index (κ1) is 16.2. The molecule has 1 amide bonds. The number of para-hydroxylation sites is 1. The van der Waals surface area contributed by atoms with Gasteiger partial charge in [-0.2, -0.15) is 4.68 Å². The molecule has 3 rings (SSSR count). The fourth-order valence-electron chi connectivity index (χ4n) is 2.13. The van der Waals surface area contributed by atoms with Crippen molar-refractivity contribution in [3.05, 3.63) is 66.0 Å². The number of carbonyl (C=O) groups is 1. The molecule has 0 saturated carbocycles. The number of aryl methyl sites for hydroxylation is 1. The first-order valence-corrected chi connectivity index (χ1v) is 8.65. The topological polar surface area (TPSA) is 72.7 Å². The van der Waals surface area contributed by atoms with Crippen LogP contribution in [0, 0.1) is 6.92 Å². The smallest absolute Gasteiger partial charge is 0.234 e. The predicted molar refractivity (Wildman–Crippen MR) is 95.1 cm³/mol. The van der Waals surface area contributed by atoms with E-state index in [1.807, 2.05) is 61.5 Å². The van der Waals surface area contributed by atoms with E-state index < -0.39 is 0 Å². The molecule has 7 heteroatoms. The maximum Gasteiger partial charge on any atom is 0.234 e. The van der Waals surface area contributed by atoms with Crippen molar-refractivity contribution in [2.45, 2.75) is 12.7 Å². The minimum Gasteiger partial charge on any atom is -0.325 e. The third-order valence-electron chi connectivity index (χ3n) is 3.33. The summed E-state index contributed by atoms with van der Waals surface area (Å²) in [5, 5.41) is 14.6. The van der Waals surface area contributed by atoms with E-state index in [4.69, 9.17) is 0 Å². The van der Waals surface area contributed by atoms with Gasteiger partial charge in [-0.25, -0.2) is 0 Å². The van der Waals surface area contributed by atoms with E-state index >= 15 is 0 Å². The van der Waals surface area contributed by atoms with Gasteiger partial charge in [0.15, 0.2) is 5.82 Å². The maximum atomic E-state index is 12.0. The molecule has 0 fully saturated rings. The number of carbonyl (C=O) groups excluding carboxylic acids is 1. The van der Waals surface area contributed by atoms with Gasteiger partial charge in [0.1, 0.15) is 0 Å². The van der Waals surface area contributed by atoms with Crippen LogP contribution >= 0.6 is 11.8 Å². The van der Waals surface area contributed by atoms with Crippen LogP contribution in [0.15, 0.2) is 54.6 Å². The van der Waals surface area contributed by atoms with Crippen molar-refractivity contribution >= 4 is 23.4 Å². The molecule has 0 aliphatic rings. The van der Waals surface area contributed by atoms with Gasteiger partial charge in [0.2, 0.25) is 5.91 Å². The monoisotopic (exact) mass is 339 g/mol. The van der Waals surface area contributed by atoms with Crippen molar-refractivity contribution in [1.82, 2.24) is 20.2 Å². The van der Waals surface area contributed by atoms with Crippen LogP contribution < -0.4 is 5.32 Å². The summed E-state index contributed by atoms with van der Waals surface area (Å²) in [5.41, 5.74) is 2.87. The Morgan fingerprint density at radius 1 is 1.12 bits per heavy atom. The second-order valence-electron chi connectivity index (χ2n) is 5.25. The highest BCUT2D eigenvalue weighted by Crippen LogP contribution is 2.14. The van der Waals surface area contributed by atoms with Gasteiger partial charge in [0.05, 0.1) is 17.2 Å². The number of thioether (sulfide) groups is 1. The van der Waals surface area contributed by atoms with Crippen LogP contribution in [0.25, 0.3) is 5.69 Å². The zero-order valence-electron chi connectivity index (χ0n) is 13.2. The molecule has 2 aromatic carbocycles. The Bertz CT molecular complexity index is 801. The van der Waals surface area contributed by atoms with E-state index in [1.54, 1.807) is 4.68 Å². The zero-order chi connectivity index (χ0) is 16.8. The minimum absolute atomic E-state index is 0.0393. The normalized spacial score (nSPS) is 10.5. The first-order chi connectivity index (χ1) is 11.7. The molecule has 0 unspecified atom stereocenters. The maximum absolute atomic E-state index is 12.0. The Labute approximate surface area is 144 Å². The van der Waals surface area contributed by atoms with Crippen molar-refractivity contribution < 1.29 is 4.79 Å². The summed E-state index contributed by atoms with van der Waals surface area (Å²) in [6.07, 6.45) is 0. The summed E-state index contributed by atoms with van der Waals surface area (Å²) in [7, 11) is 0. The first-order valence-electron chi connectivity index (χ1n) is 7.49. The molecule has 0 radical (unpaired) electrons. The molecule has 0 bridgehead atoms. The molecular formula is C17H17N5OS. The van der Waals surface area contributed by atoms with Gasteiger partial charge < -0.3 is 5.32 Å². The summed E-state index contributed by atoms with van der Waals surface area (Å²) in [4.78, 5) is 12.0. The second-order valence-corrected chi connectivity index (χ2v) is 6.24. The molecule has 0 atom stereocenters. The number of nitrogens with one attached hydrogen (secondary N) is 1. The molecule has 24 heavy (non-hydrogen) atoms. The number of tetrazole rings is 1. The number of aromatic nitrogens is 4. The lowest BCUT2D eigenvalue weighted by Gasteiger charge is -2.06. The number of amides is 1. The van der Waals surface area contributed by atoms with Gasteiger partial charge in [-0.1, -0.05) is 35.9 Å². The van der Waals surface area contributed by atoms with Crippen molar-refractivity contribution in [1.29, 1.82) is 0 Å². The SMILES string of the molecule is Cc1ccc(NC(=O)CSCc2nnnn2-c2ccccc2)cc1. The van der Waals surface area contributed by atoms with Gasteiger partial charge in [0.25, 0.3) is 0 Å². The van der Waals surface area contributed by atoms with Gasteiger partial charge in [0, 0.05) is 5.69 Å². The van der Waals surface area contributed by atoms with Crippen LogP contribution in [0.4, 0.5) is 5.69 Å². The van der Waals surface area contributed by atoms with Crippen LogP contribution in [0.5, 0.6) is 0 Å². The highest BCUT2D eigenvalue weighted by molar-refractivity contribution is 7.99. The Kier molecular flexibility index (Phi) is 5.22. The lowest BCUT2D eigenvalue weighted by Crippen LogP contribution is -2.14. The van der Waals surface area contributed by atoms with Crippen molar-refractivity contribution in [2.75, 3.05) is 11.1 Å². The molecule has 1 heterocycles. The highest BCUT2D eigenvalue weighted by atomic mass is 32.2. The van der Waals surface area contributed by atoms with Crippen molar-refractivity contribution in [3.63, 3.8) is 0 Å². The van der Waals surface area contributed by atoms with E-state index in [9.17, 15) is 4.79 Å². The Morgan fingerprint density at radius 2 is 1.88 bits per heavy atom. The molecule has 0 aliphatic carbocycles. The molecule has 1 N–H and O–H groups in total. The van der Waals surface area contributed by atoms with Crippen LogP contribution in [0.3, 0.4) is 0 Å². The van der Waals surface area contributed by atoms with Gasteiger partial charge in [-0.3, -0.25) is 4.79 Å². The molecule has 122 valence electrons. The van der Waals surface area contributed by atoms with Crippen molar-refractivity contribution in [3.8, 4) is 5.69 Å². The quantitative estimate of drug-likeness (QED) is 0.747. The standard InChI is InChI=1S/C17H17N5OS/c1-13-7-9-14(10-8-13)18-17(23)12-24-11-16-19-20-21-22(16)15-5-3-2-4-6-15/h2-10H,11-12H2,1H3,(H,18,23). The fraction of sp³-hybridized carbons (Fsp3) is 0.176. The average molecular weight is 339 g/mol. The Balaban J connectivity index is 1.53. The molecule has 0 spiro atoms. The Hall–Kier alpha value is -2.67. The summed E-state index contributed by atoms with van der Waals surface area (Å²) < 4.78 is 1.69. The van der Waals surface area contributed by atoms with E-state index in [0.29, 0.717) is 17.3 Å². The number of hydrogen-bond donors (Lipinski definition) is 1. The average Bonchev–Trinajstić information content (AvgIpc) is 3.06. The summed E-state index contributed by atoms with van der Waals surface area (Å²) >= 11 is 1.47. The predicted octanol–water partition coefficient (Wildman–Crippen LogP) is 2.84. The zero-order valence-corrected chi connectivity index (χ0v) is 14.0. The summed E-state index contributed by atoms with van der Waals surface area (Å²) in [6.45, 7) is 2.01. The van der Waals surface area contributed by atoms with E-state index in [1.165, 1.54) is 11.8 Å². The molecule has 6 nitrogen and oxygen atoms in total. The molecule has 0 saturated heterocycles. The van der Waals surface area contributed by atoms with Crippen LogP contribution in [0.2, 0.25) is 0 Å². The molecule has 0 aliphatic heterocycles.